The van der Waals surface area contributed by atoms with Crippen LogP contribution in [-0.4, -0.2) is 17.8 Å². The van der Waals surface area contributed by atoms with Gasteiger partial charge in [-0.25, -0.2) is 4.90 Å². The Labute approximate surface area is 215 Å². The van der Waals surface area contributed by atoms with Crippen LogP contribution in [-0.2, 0) is 11.4 Å². The summed E-state index contributed by atoms with van der Waals surface area (Å²) in [6.07, 6.45) is 1.68. The van der Waals surface area contributed by atoms with Crippen LogP contribution in [0.1, 0.15) is 23.6 Å². The molecule has 4 rings (SSSR count). The molecule has 0 unspecified atom stereocenters. The number of amides is 2. The summed E-state index contributed by atoms with van der Waals surface area (Å²) in [5.41, 5.74) is 3.41. The highest BCUT2D eigenvalue weighted by Gasteiger charge is 2.36. The lowest BCUT2D eigenvalue weighted by Gasteiger charge is -2.15. The molecule has 0 saturated carbocycles. The van der Waals surface area contributed by atoms with E-state index < -0.39 is 0 Å². The van der Waals surface area contributed by atoms with Crippen molar-refractivity contribution in [3.05, 3.63) is 91.8 Å². The Morgan fingerprint density at radius 3 is 2.41 bits per heavy atom. The molecule has 0 atom stereocenters. The molecule has 1 heterocycles. The number of hydrogen-bond donors (Lipinski definition) is 0. The first-order chi connectivity index (χ1) is 16.4. The molecule has 3 aromatic carbocycles. The van der Waals surface area contributed by atoms with E-state index in [1.54, 1.807) is 36.4 Å². The number of carbonyl (C=O) groups is 2. The fraction of sp³-hybridized carbons (Fsp3) is 0.154. The van der Waals surface area contributed by atoms with E-state index in [9.17, 15) is 9.59 Å². The maximum atomic E-state index is 13.0. The van der Waals surface area contributed by atoms with E-state index in [0.29, 0.717) is 50.4 Å². The first kappa shape index (κ1) is 24.4. The Morgan fingerprint density at radius 2 is 1.74 bits per heavy atom. The van der Waals surface area contributed by atoms with E-state index in [-0.39, 0.29) is 11.1 Å². The second-order valence-electron chi connectivity index (χ2n) is 7.53. The second-order valence-corrected chi connectivity index (χ2v) is 9.81. The zero-order chi connectivity index (χ0) is 24.2. The lowest BCUT2D eigenvalue weighted by Crippen LogP contribution is -2.27. The third-order valence-electron chi connectivity index (χ3n) is 5.01. The van der Waals surface area contributed by atoms with Gasteiger partial charge in [-0.15, -0.1) is 0 Å². The molecule has 5 nitrogen and oxygen atoms in total. The molecular weight excluding hydrogens is 538 g/mol. The first-order valence-electron chi connectivity index (χ1n) is 10.5. The maximum absolute atomic E-state index is 13.0. The van der Waals surface area contributed by atoms with Gasteiger partial charge in [-0.05, 0) is 95.1 Å². The lowest BCUT2D eigenvalue weighted by molar-refractivity contribution is -0.113. The van der Waals surface area contributed by atoms with E-state index in [1.165, 1.54) is 5.56 Å². The highest BCUT2D eigenvalue weighted by atomic mass is 79.9. The zero-order valence-electron chi connectivity index (χ0n) is 18.5. The molecule has 0 N–H and O–H groups in total. The molecule has 3 aromatic rings. The Hall–Kier alpha value is -2.74. The molecule has 2 amide bonds. The second kappa shape index (κ2) is 10.7. The number of nitrogens with zero attached hydrogens (tertiary/aromatic N) is 1. The van der Waals surface area contributed by atoms with Crippen LogP contribution in [0.5, 0.6) is 11.5 Å². The fourth-order valence-corrected chi connectivity index (χ4v) is 4.89. The summed E-state index contributed by atoms with van der Waals surface area (Å²) in [6, 6.07) is 18.3. The van der Waals surface area contributed by atoms with E-state index in [1.807, 2.05) is 44.2 Å². The van der Waals surface area contributed by atoms with Crippen LogP contribution in [0.2, 0.25) is 5.02 Å². The maximum Gasteiger partial charge on any atom is 0.298 e. The van der Waals surface area contributed by atoms with Gasteiger partial charge in [0, 0.05) is 5.02 Å². The van der Waals surface area contributed by atoms with Crippen molar-refractivity contribution in [1.29, 1.82) is 0 Å². The standard InChI is InChI=1S/C26H21BrClNO4S/c1-3-32-22-13-18(12-21(27)24(22)33-15-17-6-4-16(2)5-7-17)14-23-25(30)29(26(31)34-23)20-10-8-19(28)9-11-20/h4-14H,3,15H2,1-2H3/b23-14+. The fourth-order valence-electron chi connectivity index (χ4n) is 3.35. The van der Waals surface area contributed by atoms with Gasteiger partial charge in [0.1, 0.15) is 6.61 Å². The van der Waals surface area contributed by atoms with Gasteiger partial charge in [-0.3, -0.25) is 9.59 Å². The van der Waals surface area contributed by atoms with Crippen molar-refractivity contribution < 1.29 is 19.1 Å². The number of imide groups is 1. The van der Waals surface area contributed by atoms with Crippen molar-refractivity contribution in [2.24, 2.45) is 0 Å². The van der Waals surface area contributed by atoms with Gasteiger partial charge in [0.25, 0.3) is 11.1 Å². The van der Waals surface area contributed by atoms with Crippen molar-refractivity contribution >= 4 is 62.2 Å². The van der Waals surface area contributed by atoms with Crippen LogP contribution in [0.4, 0.5) is 10.5 Å². The van der Waals surface area contributed by atoms with Gasteiger partial charge >= 0.3 is 0 Å². The molecule has 1 aliphatic rings. The summed E-state index contributed by atoms with van der Waals surface area (Å²) in [4.78, 5) is 27.0. The Morgan fingerprint density at radius 1 is 1.03 bits per heavy atom. The van der Waals surface area contributed by atoms with Crippen molar-refractivity contribution in [2.45, 2.75) is 20.5 Å². The number of ether oxygens (including phenoxy) is 2. The lowest BCUT2D eigenvalue weighted by atomic mass is 10.1. The molecule has 0 aromatic heterocycles. The van der Waals surface area contributed by atoms with Gasteiger partial charge in [0.2, 0.25) is 0 Å². The Balaban J connectivity index is 1.59. The summed E-state index contributed by atoms with van der Waals surface area (Å²) in [5.74, 6) is 0.743. The molecule has 1 fully saturated rings. The first-order valence-corrected chi connectivity index (χ1v) is 12.5. The average Bonchev–Trinajstić information content (AvgIpc) is 3.08. The highest BCUT2D eigenvalue weighted by molar-refractivity contribution is 9.10. The third kappa shape index (κ3) is 5.49. The molecule has 1 aliphatic heterocycles. The summed E-state index contributed by atoms with van der Waals surface area (Å²) in [5, 5.41) is 0.171. The van der Waals surface area contributed by atoms with Gasteiger partial charge in [-0.1, -0.05) is 41.4 Å². The summed E-state index contributed by atoms with van der Waals surface area (Å²) < 4.78 is 12.6. The van der Waals surface area contributed by atoms with E-state index >= 15 is 0 Å². The van der Waals surface area contributed by atoms with Gasteiger partial charge in [0.15, 0.2) is 11.5 Å². The summed E-state index contributed by atoms with van der Waals surface area (Å²) in [7, 11) is 0. The number of benzene rings is 3. The van der Waals surface area contributed by atoms with Gasteiger partial charge in [-0.2, -0.15) is 0 Å². The monoisotopic (exact) mass is 557 g/mol. The minimum Gasteiger partial charge on any atom is -0.490 e. The minimum atomic E-state index is -0.383. The predicted molar refractivity (Wildman–Crippen MR) is 141 cm³/mol. The molecule has 174 valence electrons. The molecule has 0 radical (unpaired) electrons. The third-order valence-corrected chi connectivity index (χ3v) is 6.72. The minimum absolute atomic E-state index is 0.322. The Kier molecular flexibility index (Phi) is 7.66. The molecule has 1 saturated heterocycles. The van der Waals surface area contributed by atoms with E-state index in [4.69, 9.17) is 21.1 Å². The highest BCUT2D eigenvalue weighted by Crippen LogP contribution is 2.40. The van der Waals surface area contributed by atoms with Crippen LogP contribution < -0.4 is 14.4 Å². The van der Waals surface area contributed by atoms with Crippen LogP contribution in [0.25, 0.3) is 6.08 Å². The number of rotatable bonds is 7. The average molecular weight is 559 g/mol. The number of aryl methyl sites for hydroxylation is 1. The van der Waals surface area contributed by atoms with E-state index in [2.05, 4.69) is 15.9 Å². The van der Waals surface area contributed by atoms with E-state index in [0.717, 1.165) is 22.2 Å². The van der Waals surface area contributed by atoms with Crippen molar-refractivity contribution in [3.8, 4) is 11.5 Å². The quantitative estimate of drug-likeness (QED) is 0.279. The summed E-state index contributed by atoms with van der Waals surface area (Å²) in [6.45, 7) is 4.77. The largest absolute Gasteiger partial charge is 0.490 e. The number of anilines is 1. The predicted octanol–water partition coefficient (Wildman–Crippen LogP) is 7.63. The van der Waals surface area contributed by atoms with Crippen LogP contribution in [0.3, 0.4) is 0 Å². The van der Waals surface area contributed by atoms with Crippen LogP contribution in [0.15, 0.2) is 70.0 Å². The van der Waals surface area contributed by atoms with Crippen molar-refractivity contribution in [1.82, 2.24) is 0 Å². The number of halogens is 2. The van der Waals surface area contributed by atoms with Crippen LogP contribution in [0, 0.1) is 6.92 Å². The van der Waals surface area contributed by atoms with Crippen molar-refractivity contribution in [3.63, 3.8) is 0 Å². The number of carbonyl (C=O) groups excluding carboxylic acids is 2. The molecule has 8 heteroatoms. The van der Waals surface area contributed by atoms with Crippen LogP contribution >= 0.6 is 39.3 Å². The Bertz CT molecular complexity index is 1260. The van der Waals surface area contributed by atoms with Crippen molar-refractivity contribution in [2.75, 3.05) is 11.5 Å². The summed E-state index contributed by atoms with van der Waals surface area (Å²) >= 11 is 10.4. The van der Waals surface area contributed by atoms with Gasteiger partial charge in [0.05, 0.1) is 21.7 Å². The zero-order valence-corrected chi connectivity index (χ0v) is 21.7. The normalized spacial score (nSPS) is 14.7. The molecule has 0 spiro atoms. The number of thioether (sulfide) groups is 1. The molecule has 0 bridgehead atoms. The topological polar surface area (TPSA) is 55.8 Å². The molecule has 0 aliphatic carbocycles. The SMILES string of the molecule is CCOc1cc(/C=C2/SC(=O)N(c3ccc(Cl)cc3)C2=O)cc(Br)c1OCc1ccc(C)cc1. The molecular formula is C26H21BrClNO4S. The number of hydrogen-bond acceptors (Lipinski definition) is 5. The van der Waals surface area contributed by atoms with Gasteiger partial charge < -0.3 is 9.47 Å². The molecule has 34 heavy (non-hydrogen) atoms. The smallest absolute Gasteiger partial charge is 0.298 e.